The molecule has 1 aliphatic heterocycles. The molecule has 0 aromatic carbocycles. The molecule has 3 aromatic rings. The van der Waals surface area contributed by atoms with Crippen LogP contribution in [0.15, 0.2) is 48.9 Å². The number of rotatable bonds is 5. The molecule has 0 amide bonds. The van der Waals surface area contributed by atoms with Crippen molar-refractivity contribution >= 4 is 0 Å². The second-order valence-electron chi connectivity index (χ2n) is 7.45. The number of nitrogens with zero attached hydrogens (tertiary/aromatic N) is 4. The van der Waals surface area contributed by atoms with Crippen LogP contribution in [-0.4, -0.2) is 31.9 Å². The van der Waals surface area contributed by atoms with Gasteiger partial charge in [-0.2, -0.15) is 0 Å². The molecule has 5 nitrogen and oxygen atoms in total. The van der Waals surface area contributed by atoms with E-state index in [0.29, 0.717) is 12.1 Å². The highest BCUT2D eigenvalue weighted by molar-refractivity contribution is 5.22. The normalized spacial score (nSPS) is 20.7. The number of aromatic nitrogens is 4. The third-order valence-corrected chi connectivity index (χ3v) is 5.64. The summed E-state index contributed by atoms with van der Waals surface area (Å²) in [6, 6.07) is 10.9. The van der Waals surface area contributed by atoms with Crippen LogP contribution in [0, 0.1) is 6.92 Å². The van der Waals surface area contributed by atoms with Gasteiger partial charge in [0.25, 0.3) is 0 Å². The number of imidazole rings is 1. The number of piperidine rings is 1. The maximum absolute atomic E-state index is 4.72. The number of hydrogen-bond donors (Lipinski definition) is 1. The lowest BCUT2D eigenvalue weighted by molar-refractivity contribution is 0.106. The number of likely N-dealkylation sites (tertiary alicyclic amines) is 1. The van der Waals surface area contributed by atoms with Crippen LogP contribution in [0.5, 0.6) is 0 Å². The largest absolute Gasteiger partial charge is 0.345 e. The van der Waals surface area contributed by atoms with Crippen molar-refractivity contribution in [1.82, 2.24) is 24.8 Å². The van der Waals surface area contributed by atoms with E-state index >= 15 is 0 Å². The van der Waals surface area contributed by atoms with E-state index < -0.39 is 0 Å². The summed E-state index contributed by atoms with van der Waals surface area (Å²) in [6.45, 7) is 2.16. The van der Waals surface area contributed by atoms with Gasteiger partial charge in [0.2, 0.25) is 0 Å². The minimum atomic E-state index is 0.314. The summed E-state index contributed by atoms with van der Waals surface area (Å²) < 4.78 is 0. The van der Waals surface area contributed by atoms with Crippen LogP contribution >= 0.6 is 0 Å². The van der Waals surface area contributed by atoms with Crippen LogP contribution in [0.2, 0.25) is 0 Å². The maximum atomic E-state index is 4.72. The molecule has 0 radical (unpaired) electrons. The fourth-order valence-electron chi connectivity index (χ4n) is 4.12. The number of H-pyrrole nitrogens is 1. The highest BCUT2D eigenvalue weighted by atomic mass is 15.2. The number of aromatic amines is 1. The Morgan fingerprint density at radius 2 is 1.85 bits per heavy atom. The second-order valence-corrected chi connectivity index (χ2v) is 7.45. The first-order valence-electron chi connectivity index (χ1n) is 9.79. The minimum absolute atomic E-state index is 0.314. The van der Waals surface area contributed by atoms with E-state index in [2.05, 4.69) is 46.0 Å². The molecular weight excluding hydrogens is 334 g/mol. The fourth-order valence-corrected chi connectivity index (χ4v) is 4.12. The van der Waals surface area contributed by atoms with E-state index in [1.165, 1.54) is 23.4 Å². The number of nitrogens with one attached hydrogen (secondary N) is 1. The highest BCUT2D eigenvalue weighted by Gasteiger charge is 2.32. The Labute approximate surface area is 160 Å². The molecule has 0 aliphatic carbocycles. The Morgan fingerprint density at radius 1 is 1.00 bits per heavy atom. The first-order valence-corrected chi connectivity index (χ1v) is 9.79. The topological polar surface area (TPSA) is 57.7 Å². The van der Waals surface area contributed by atoms with Gasteiger partial charge in [-0.1, -0.05) is 12.1 Å². The summed E-state index contributed by atoms with van der Waals surface area (Å²) in [6.07, 6.45) is 11.1. The lowest BCUT2D eigenvalue weighted by Crippen LogP contribution is -2.34. The van der Waals surface area contributed by atoms with Gasteiger partial charge in [0.05, 0.1) is 17.8 Å². The van der Waals surface area contributed by atoms with Crippen molar-refractivity contribution in [3.05, 3.63) is 77.4 Å². The fraction of sp³-hybridized carbons (Fsp3) is 0.409. The predicted molar refractivity (Wildman–Crippen MR) is 106 cm³/mol. The molecule has 4 rings (SSSR count). The molecule has 1 fully saturated rings. The summed E-state index contributed by atoms with van der Waals surface area (Å²) in [5.74, 6) is 1.08. The molecule has 27 heavy (non-hydrogen) atoms. The Hall–Kier alpha value is -2.53. The van der Waals surface area contributed by atoms with Gasteiger partial charge in [-0.3, -0.25) is 14.9 Å². The summed E-state index contributed by atoms with van der Waals surface area (Å²) >= 11 is 0. The van der Waals surface area contributed by atoms with Crippen molar-refractivity contribution in [1.29, 1.82) is 0 Å². The molecule has 4 heterocycles. The molecular formula is C22H27N5. The lowest BCUT2D eigenvalue weighted by Gasteiger charge is -2.38. The molecule has 140 valence electrons. The zero-order valence-corrected chi connectivity index (χ0v) is 16.1. The molecule has 1 N–H and O–H groups in total. The average Bonchev–Trinajstić information content (AvgIpc) is 3.17. The first kappa shape index (κ1) is 17.9. The van der Waals surface area contributed by atoms with Crippen molar-refractivity contribution in [2.75, 3.05) is 7.05 Å². The van der Waals surface area contributed by atoms with Gasteiger partial charge in [0.1, 0.15) is 5.82 Å². The molecule has 0 unspecified atom stereocenters. The third kappa shape index (κ3) is 3.93. The zero-order chi connectivity index (χ0) is 18.6. The maximum Gasteiger partial charge on any atom is 0.123 e. The Bertz CT molecular complexity index is 873. The summed E-state index contributed by atoms with van der Waals surface area (Å²) in [5, 5.41) is 0. The molecule has 0 bridgehead atoms. The van der Waals surface area contributed by atoms with E-state index in [-0.39, 0.29) is 0 Å². The lowest BCUT2D eigenvalue weighted by atomic mass is 9.92. The van der Waals surface area contributed by atoms with Crippen LogP contribution in [0.25, 0.3) is 0 Å². The van der Waals surface area contributed by atoms with Crippen molar-refractivity contribution < 1.29 is 0 Å². The monoisotopic (exact) mass is 361 g/mol. The summed E-state index contributed by atoms with van der Waals surface area (Å²) in [7, 11) is 2.21. The van der Waals surface area contributed by atoms with E-state index in [9.17, 15) is 0 Å². The van der Waals surface area contributed by atoms with Crippen molar-refractivity contribution in [2.45, 2.75) is 51.1 Å². The number of aryl methyl sites for hydroxylation is 3. The van der Waals surface area contributed by atoms with Crippen LogP contribution < -0.4 is 0 Å². The standard InChI is InChI=1S/C22H27N5/c1-16-7-6-14-24-21(16)19-9-5-10-20(27(19)2)22-25-15-18(26-22)12-11-17-8-3-4-13-23-17/h3-4,6-8,13-15,19-20H,5,9-12H2,1-2H3,(H,25,26)/t19-,20+/m0/s1. The molecule has 0 saturated carbocycles. The van der Waals surface area contributed by atoms with Gasteiger partial charge < -0.3 is 4.98 Å². The Morgan fingerprint density at radius 3 is 2.67 bits per heavy atom. The Kier molecular flexibility index (Phi) is 5.30. The van der Waals surface area contributed by atoms with E-state index in [0.717, 1.165) is 37.2 Å². The summed E-state index contributed by atoms with van der Waals surface area (Å²) in [4.78, 5) is 19.8. The van der Waals surface area contributed by atoms with Gasteiger partial charge in [-0.05, 0) is 69.8 Å². The smallest absolute Gasteiger partial charge is 0.123 e. The second kappa shape index (κ2) is 8.01. The van der Waals surface area contributed by atoms with Gasteiger partial charge in [-0.15, -0.1) is 0 Å². The quantitative estimate of drug-likeness (QED) is 0.740. The third-order valence-electron chi connectivity index (χ3n) is 5.64. The van der Waals surface area contributed by atoms with Crippen LogP contribution in [0.4, 0.5) is 0 Å². The van der Waals surface area contributed by atoms with Gasteiger partial charge in [-0.25, -0.2) is 4.98 Å². The van der Waals surface area contributed by atoms with Crippen LogP contribution in [0.1, 0.15) is 59.8 Å². The minimum Gasteiger partial charge on any atom is -0.345 e. The van der Waals surface area contributed by atoms with E-state index in [1.54, 1.807) is 0 Å². The van der Waals surface area contributed by atoms with Crippen LogP contribution in [-0.2, 0) is 12.8 Å². The van der Waals surface area contributed by atoms with Crippen molar-refractivity contribution in [2.24, 2.45) is 0 Å². The zero-order valence-electron chi connectivity index (χ0n) is 16.1. The highest BCUT2D eigenvalue weighted by Crippen LogP contribution is 2.39. The SMILES string of the molecule is Cc1cccnc1[C@@H]1CCC[C@H](c2ncc(CCc3ccccn3)[nH]2)N1C. The van der Waals surface area contributed by atoms with E-state index in [1.807, 2.05) is 36.8 Å². The molecule has 2 atom stereocenters. The van der Waals surface area contributed by atoms with E-state index in [4.69, 9.17) is 4.98 Å². The van der Waals surface area contributed by atoms with Crippen molar-refractivity contribution in [3.8, 4) is 0 Å². The molecule has 5 heteroatoms. The van der Waals surface area contributed by atoms with Gasteiger partial charge in [0, 0.05) is 30.0 Å². The first-order chi connectivity index (χ1) is 13.2. The number of hydrogen-bond acceptors (Lipinski definition) is 4. The van der Waals surface area contributed by atoms with Gasteiger partial charge in [0.15, 0.2) is 0 Å². The average molecular weight is 361 g/mol. The molecule has 3 aromatic heterocycles. The van der Waals surface area contributed by atoms with Gasteiger partial charge >= 0.3 is 0 Å². The predicted octanol–water partition coefficient (Wildman–Crippen LogP) is 4.19. The van der Waals surface area contributed by atoms with Crippen molar-refractivity contribution in [3.63, 3.8) is 0 Å². The molecule has 0 spiro atoms. The molecule has 1 aliphatic rings. The number of pyridine rings is 2. The summed E-state index contributed by atoms with van der Waals surface area (Å²) in [5.41, 5.74) is 4.77. The van der Waals surface area contributed by atoms with Crippen LogP contribution in [0.3, 0.4) is 0 Å². The molecule has 1 saturated heterocycles. The Balaban J connectivity index is 1.47.